The number of nitrogens with zero attached hydrogens (tertiary/aromatic N) is 2. The largest absolute Gasteiger partial charge is 0.393 e. The molecule has 4 N–H and O–H groups in total. The van der Waals surface area contributed by atoms with Gasteiger partial charge in [-0.05, 0) is 17.7 Å². The van der Waals surface area contributed by atoms with Gasteiger partial charge in [0.25, 0.3) is 0 Å². The molecule has 2 aromatic carbocycles. The second kappa shape index (κ2) is 6.58. The molecule has 0 aliphatic carbocycles. The topological polar surface area (TPSA) is 75.9 Å². The predicted molar refractivity (Wildman–Crippen MR) is 89.9 cm³/mol. The number of hydrogen-bond donors (Lipinski definition) is 3. The van der Waals surface area contributed by atoms with Crippen LogP contribution in [0.5, 0.6) is 0 Å². The summed E-state index contributed by atoms with van der Waals surface area (Å²) < 4.78 is 0. The molecule has 0 spiro atoms. The molecule has 3 aromatic rings. The number of anilines is 4. The third-order valence-electron chi connectivity index (χ3n) is 3.22. The average Bonchev–Trinajstić information content (AvgIpc) is 2.58. The molecule has 1 heterocycles. The highest BCUT2D eigenvalue weighted by Crippen LogP contribution is 2.25. The van der Waals surface area contributed by atoms with Crippen LogP contribution < -0.4 is 16.4 Å². The van der Waals surface area contributed by atoms with Crippen molar-refractivity contribution < 1.29 is 0 Å². The van der Waals surface area contributed by atoms with Gasteiger partial charge in [0.1, 0.15) is 12.0 Å². The van der Waals surface area contributed by atoms with Gasteiger partial charge in [0.2, 0.25) is 0 Å². The van der Waals surface area contributed by atoms with Crippen LogP contribution in [0, 0.1) is 0 Å². The van der Waals surface area contributed by atoms with Crippen LogP contribution in [0.25, 0.3) is 0 Å². The lowest BCUT2D eigenvalue weighted by Crippen LogP contribution is -2.08. The van der Waals surface area contributed by atoms with Crippen molar-refractivity contribution in [2.75, 3.05) is 16.4 Å². The Morgan fingerprint density at radius 2 is 1.45 bits per heavy atom. The van der Waals surface area contributed by atoms with Gasteiger partial charge in [0.15, 0.2) is 11.6 Å². The normalized spacial score (nSPS) is 10.2. The van der Waals surface area contributed by atoms with Gasteiger partial charge in [-0.2, -0.15) is 0 Å². The lowest BCUT2D eigenvalue weighted by molar-refractivity contribution is 1.09. The van der Waals surface area contributed by atoms with E-state index in [4.69, 9.17) is 5.73 Å². The van der Waals surface area contributed by atoms with Crippen molar-refractivity contribution in [3.05, 3.63) is 72.6 Å². The Labute approximate surface area is 129 Å². The molecule has 0 aliphatic heterocycles. The first kappa shape index (κ1) is 13.9. The number of nitrogens with two attached hydrogens (primary N) is 1. The van der Waals surface area contributed by atoms with Crippen LogP contribution >= 0.6 is 0 Å². The monoisotopic (exact) mass is 291 g/mol. The minimum atomic E-state index is 0.502. The molecule has 3 rings (SSSR count). The van der Waals surface area contributed by atoms with Gasteiger partial charge in [-0.1, -0.05) is 48.5 Å². The van der Waals surface area contributed by atoms with Crippen molar-refractivity contribution in [3.8, 4) is 0 Å². The smallest absolute Gasteiger partial charge is 0.159 e. The summed E-state index contributed by atoms with van der Waals surface area (Å²) in [7, 11) is 0. The van der Waals surface area contributed by atoms with E-state index >= 15 is 0 Å². The quantitative estimate of drug-likeness (QED) is 0.671. The van der Waals surface area contributed by atoms with Gasteiger partial charge in [0.05, 0.1) is 0 Å². The summed E-state index contributed by atoms with van der Waals surface area (Å²) in [5.74, 6) is 1.22. The van der Waals surface area contributed by atoms with Gasteiger partial charge in [0, 0.05) is 12.2 Å². The van der Waals surface area contributed by atoms with E-state index in [-0.39, 0.29) is 0 Å². The van der Waals surface area contributed by atoms with Crippen molar-refractivity contribution in [2.24, 2.45) is 0 Å². The molecule has 5 nitrogen and oxygen atoms in total. The van der Waals surface area contributed by atoms with Crippen molar-refractivity contribution in [1.82, 2.24) is 9.97 Å². The molecule has 0 fully saturated rings. The van der Waals surface area contributed by atoms with Crippen molar-refractivity contribution in [3.63, 3.8) is 0 Å². The number of aromatic nitrogens is 2. The van der Waals surface area contributed by atoms with Gasteiger partial charge in [-0.3, -0.25) is 0 Å². The Hall–Kier alpha value is -3.08. The highest BCUT2D eigenvalue weighted by molar-refractivity contribution is 5.77. The minimum Gasteiger partial charge on any atom is -0.393 e. The Kier molecular flexibility index (Phi) is 4.15. The molecule has 0 atom stereocenters. The first-order chi connectivity index (χ1) is 10.8. The Morgan fingerprint density at radius 3 is 2.18 bits per heavy atom. The highest BCUT2D eigenvalue weighted by Gasteiger charge is 2.08. The first-order valence-electron chi connectivity index (χ1n) is 7.03. The summed E-state index contributed by atoms with van der Waals surface area (Å²) in [6, 6.07) is 19.9. The number of benzene rings is 2. The molecule has 5 heteroatoms. The zero-order valence-corrected chi connectivity index (χ0v) is 12.0. The standard InChI is InChI=1S/C17H17N5/c18-15-16(19-11-13-7-3-1-4-8-13)20-12-21-17(15)22-14-9-5-2-6-10-14/h1-10,12H,11,18H2,(H2,19,20,21,22). The Balaban J connectivity index is 1.74. The van der Waals surface area contributed by atoms with Crippen molar-refractivity contribution in [2.45, 2.75) is 6.54 Å². The molecule has 0 unspecified atom stereocenters. The van der Waals surface area contributed by atoms with Crippen LogP contribution in [0.15, 0.2) is 67.0 Å². The van der Waals surface area contributed by atoms with Crippen LogP contribution in [0.3, 0.4) is 0 Å². The van der Waals surface area contributed by atoms with Gasteiger partial charge >= 0.3 is 0 Å². The van der Waals surface area contributed by atoms with Gasteiger partial charge in [-0.15, -0.1) is 0 Å². The fraction of sp³-hybridized carbons (Fsp3) is 0.0588. The maximum atomic E-state index is 6.15. The third-order valence-corrected chi connectivity index (χ3v) is 3.22. The van der Waals surface area contributed by atoms with E-state index in [0.29, 0.717) is 23.9 Å². The van der Waals surface area contributed by atoms with Crippen LogP contribution in [-0.2, 0) is 6.54 Å². The average molecular weight is 291 g/mol. The molecule has 110 valence electrons. The lowest BCUT2D eigenvalue weighted by atomic mass is 10.2. The minimum absolute atomic E-state index is 0.502. The van der Waals surface area contributed by atoms with Crippen LogP contribution in [0.2, 0.25) is 0 Å². The molecule has 0 bridgehead atoms. The molecule has 0 aliphatic rings. The maximum absolute atomic E-state index is 6.15. The zero-order valence-electron chi connectivity index (χ0n) is 12.0. The summed E-state index contributed by atoms with van der Waals surface area (Å²) in [5, 5.41) is 6.43. The Bertz CT molecular complexity index is 729. The molecular weight excluding hydrogens is 274 g/mol. The van der Waals surface area contributed by atoms with E-state index in [9.17, 15) is 0 Å². The fourth-order valence-electron chi connectivity index (χ4n) is 2.08. The molecule has 0 radical (unpaired) electrons. The van der Waals surface area contributed by atoms with E-state index in [0.717, 1.165) is 11.3 Å². The van der Waals surface area contributed by atoms with Crippen molar-refractivity contribution in [1.29, 1.82) is 0 Å². The molecule has 1 aromatic heterocycles. The summed E-state index contributed by atoms with van der Waals surface area (Å²) in [4.78, 5) is 8.41. The van der Waals surface area contributed by atoms with Crippen LogP contribution in [0.4, 0.5) is 23.0 Å². The van der Waals surface area contributed by atoms with Gasteiger partial charge in [-0.25, -0.2) is 9.97 Å². The summed E-state index contributed by atoms with van der Waals surface area (Å²) in [6.07, 6.45) is 1.50. The maximum Gasteiger partial charge on any atom is 0.159 e. The lowest BCUT2D eigenvalue weighted by Gasteiger charge is -2.12. The first-order valence-corrected chi connectivity index (χ1v) is 7.03. The molecule has 0 saturated heterocycles. The molecular formula is C17H17N5. The van der Waals surface area contributed by atoms with Gasteiger partial charge < -0.3 is 16.4 Å². The van der Waals surface area contributed by atoms with E-state index in [1.165, 1.54) is 6.33 Å². The van der Waals surface area contributed by atoms with E-state index < -0.39 is 0 Å². The summed E-state index contributed by atoms with van der Waals surface area (Å²) >= 11 is 0. The fourth-order valence-corrected chi connectivity index (χ4v) is 2.08. The molecule has 0 saturated carbocycles. The molecule has 22 heavy (non-hydrogen) atoms. The predicted octanol–water partition coefficient (Wildman–Crippen LogP) is 3.41. The van der Waals surface area contributed by atoms with Crippen LogP contribution in [0.1, 0.15) is 5.56 Å². The van der Waals surface area contributed by atoms with E-state index in [1.807, 2.05) is 60.7 Å². The summed E-state index contributed by atoms with van der Waals surface area (Å²) in [5.41, 5.74) is 8.74. The number of hydrogen-bond acceptors (Lipinski definition) is 5. The highest BCUT2D eigenvalue weighted by atomic mass is 15.1. The van der Waals surface area contributed by atoms with E-state index in [2.05, 4.69) is 20.6 Å². The number of para-hydroxylation sites is 1. The second-order valence-corrected chi connectivity index (χ2v) is 4.81. The zero-order chi connectivity index (χ0) is 15.2. The molecule has 0 amide bonds. The van der Waals surface area contributed by atoms with E-state index in [1.54, 1.807) is 0 Å². The van der Waals surface area contributed by atoms with Crippen LogP contribution in [-0.4, -0.2) is 9.97 Å². The number of nitrogen functional groups attached to an aromatic ring is 1. The van der Waals surface area contributed by atoms with Crippen molar-refractivity contribution >= 4 is 23.0 Å². The third kappa shape index (κ3) is 3.32. The Morgan fingerprint density at radius 1 is 0.818 bits per heavy atom. The SMILES string of the molecule is Nc1c(NCc2ccccc2)ncnc1Nc1ccccc1. The number of rotatable bonds is 5. The summed E-state index contributed by atoms with van der Waals surface area (Å²) in [6.45, 7) is 0.660. The number of nitrogens with one attached hydrogen (secondary N) is 2. The second-order valence-electron chi connectivity index (χ2n) is 4.81.